The van der Waals surface area contributed by atoms with Gasteiger partial charge in [-0.3, -0.25) is 0 Å². The van der Waals surface area contributed by atoms with E-state index in [2.05, 4.69) is 52.4 Å². The Morgan fingerprint density at radius 2 is 1.75 bits per heavy atom. The van der Waals surface area contributed by atoms with Crippen molar-refractivity contribution in [3.8, 4) is 11.1 Å². The molecule has 0 saturated carbocycles. The predicted octanol–water partition coefficient (Wildman–Crippen LogP) is 3.54. The summed E-state index contributed by atoms with van der Waals surface area (Å²) in [4.78, 5) is 7.67. The highest BCUT2D eigenvalue weighted by molar-refractivity contribution is 5.81. The molecular formula is C14H12N2. The number of rotatable bonds is 1. The van der Waals surface area contributed by atoms with Crippen LogP contribution in [0.4, 0.5) is 0 Å². The van der Waals surface area contributed by atoms with Crippen LogP contribution < -0.4 is 0 Å². The Labute approximate surface area is 94.0 Å². The summed E-state index contributed by atoms with van der Waals surface area (Å²) in [7, 11) is 0. The molecule has 0 aliphatic rings. The Balaban J connectivity index is 2.18. The zero-order valence-corrected chi connectivity index (χ0v) is 9.07. The van der Waals surface area contributed by atoms with E-state index in [0.29, 0.717) is 0 Å². The van der Waals surface area contributed by atoms with E-state index in [4.69, 9.17) is 0 Å². The molecule has 0 saturated heterocycles. The minimum Gasteiger partial charge on any atom is -0.342 e. The smallest absolute Gasteiger partial charge is 0.104 e. The molecule has 0 fully saturated rings. The SMILES string of the molecule is Cc1nc2cc(-c3ccccc3)ccc2[nH]1. The van der Waals surface area contributed by atoms with Crippen molar-refractivity contribution in [1.29, 1.82) is 0 Å². The van der Waals surface area contributed by atoms with Crippen molar-refractivity contribution in [2.45, 2.75) is 6.92 Å². The van der Waals surface area contributed by atoms with E-state index in [0.717, 1.165) is 16.9 Å². The minimum atomic E-state index is 0.959. The lowest BCUT2D eigenvalue weighted by Crippen LogP contribution is -1.77. The van der Waals surface area contributed by atoms with Gasteiger partial charge in [0.1, 0.15) is 5.82 Å². The van der Waals surface area contributed by atoms with Gasteiger partial charge in [0.05, 0.1) is 11.0 Å². The Bertz CT molecular complexity index is 624. The summed E-state index contributed by atoms with van der Waals surface area (Å²) < 4.78 is 0. The van der Waals surface area contributed by atoms with Gasteiger partial charge in [-0.25, -0.2) is 4.98 Å². The van der Waals surface area contributed by atoms with E-state index in [1.807, 2.05) is 13.0 Å². The summed E-state index contributed by atoms with van der Waals surface area (Å²) in [6.45, 7) is 1.97. The van der Waals surface area contributed by atoms with Crippen LogP contribution in [0.2, 0.25) is 0 Å². The standard InChI is InChI=1S/C14H12N2/c1-10-15-13-8-7-12(9-14(13)16-10)11-5-3-2-4-6-11/h2-9H,1H3,(H,15,16). The number of imidazole rings is 1. The lowest BCUT2D eigenvalue weighted by atomic mass is 10.1. The molecule has 0 bridgehead atoms. The topological polar surface area (TPSA) is 28.7 Å². The van der Waals surface area contributed by atoms with Gasteiger partial charge in [-0.2, -0.15) is 0 Å². The fourth-order valence-electron chi connectivity index (χ4n) is 1.94. The molecule has 0 radical (unpaired) electrons. The first-order valence-electron chi connectivity index (χ1n) is 5.35. The van der Waals surface area contributed by atoms with E-state index in [1.54, 1.807) is 0 Å². The molecule has 2 aromatic carbocycles. The van der Waals surface area contributed by atoms with Crippen molar-refractivity contribution in [3.05, 3.63) is 54.4 Å². The maximum atomic E-state index is 4.44. The predicted molar refractivity (Wildman–Crippen MR) is 66.3 cm³/mol. The zero-order valence-electron chi connectivity index (χ0n) is 9.07. The minimum absolute atomic E-state index is 0.959. The molecule has 16 heavy (non-hydrogen) atoms. The van der Waals surface area contributed by atoms with Gasteiger partial charge in [-0.1, -0.05) is 36.4 Å². The van der Waals surface area contributed by atoms with Crippen molar-refractivity contribution in [2.75, 3.05) is 0 Å². The molecule has 3 aromatic rings. The summed E-state index contributed by atoms with van der Waals surface area (Å²) in [5.41, 5.74) is 4.56. The van der Waals surface area contributed by atoms with E-state index < -0.39 is 0 Å². The zero-order chi connectivity index (χ0) is 11.0. The number of benzene rings is 2. The van der Waals surface area contributed by atoms with Crippen LogP contribution in [0.1, 0.15) is 5.82 Å². The lowest BCUT2D eigenvalue weighted by molar-refractivity contribution is 1.17. The molecule has 0 atom stereocenters. The molecule has 0 unspecified atom stereocenters. The Hall–Kier alpha value is -2.09. The normalized spacial score (nSPS) is 10.8. The van der Waals surface area contributed by atoms with E-state index in [1.165, 1.54) is 11.1 Å². The first kappa shape index (κ1) is 9.16. The summed E-state index contributed by atoms with van der Waals surface area (Å²) in [5.74, 6) is 0.959. The Morgan fingerprint density at radius 3 is 2.56 bits per heavy atom. The fraction of sp³-hybridized carbons (Fsp3) is 0.0714. The maximum absolute atomic E-state index is 4.44. The van der Waals surface area contributed by atoms with Crippen LogP contribution in [0.25, 0.3) is 22.2 Å². The molecule has 0 aliphatic heterocycles. The maximum Gasteiger partial charge on any atom is 0.104 e. The molecule has 2 heteroatoms. The average Bonchev–Trinajstić information content (AvgIpc) is 2.69. The Morgan fingerprint density at radius 1 is 0.938 bits per heavy atom. The van der Waals surface area contributed by atoms with Gasteiger partial charge in [0.2, 0.25) is 0 Å². The number of fused-ring (bicyclic) bond motifs is 1. The second-order valence-electron chi connectivity index (χ2n) is 3.92. The highest BCUT2D eigenvalue weighted by atomic mass is 14.9. The Kier molecular flexibility index (Phi) is 2.00. The fourth-order valence-corrected chi connectivity index (χ4v) is 1.94. The van der Waals surface area contributed by atoms with Crippen molar-refractivity contribution in [2.24, 2.45) is 0 Å². The summed E-state index contributed by atoms with van der Waals surface area (Å²) >= 11 is 0. The van der Waals surface area contributed by atoms with Gasteiger partial charge in [-0.15, -0.1) is 0 Å². The second kappa shape index (κ2) is 3.49. The van der Waals surface area contributed by atoms with Crippen LogP contribution in [0, 0.1) is 6.92 Å². The molecule has 1 N–H and O–H groups in total. The molecular weight excluding hydrogens is 196 g/mol. The summed E-state index contributed by atoms with van der Waals surface area (Å²) in [6.07, 6.45) is 0. The highest BCUT2D eigenvalue weighted by Crippen LogP contribution is 2.22. The quantitative estimate of drug-likeness (QED) is 0.651. The first-order chi connectivity index (χ1) is 7.83. The molecule has 0 spiro atoms. The third-order valence-corrected chi connectivity index (χ3v) is 2.71. The van der Waals surface area contributed by atoms with Gasteiger partial charge in [0.25, 0.3) is 0 Å². The van der Waals surface area contributed by atoms with Gasteiger partial charge in [0.15, 0.2) is 0 Å². The van der Waals surface area contributed by atoms with Crippen LogP contribution >= 0.6 is 0 Å². The number of hydrogen-bond donors (Lipinski definition) is 1. The van der Waals surface area contributed by atoms with Gasteiger partial charge >= 0.3 is 0 Å². The van der Waals surface area contributed by atoms with Crippen LogP contribution in [-0.4, -0.2) is 9.97 Å². The van der Waals surface area contributed by atoms with Crippen LogP contribution in [0.15, 0.2) is 48.5 Å². The number of H-pyrrole nitrogens is 1. The van der Waals surface area contributed by atoms with Gasteiger partial charge in [-0.05, 0) is 30.2 Å². The van der Waals surface area contributed by atoms with E-state index in [9.17, 15) is 0 Å². The third kappa shape index (κ3) is 1.48. The molecule has 0 amide bonds. The largest absolute Gasteiger partial charge is 0.342 e. The number of aryl methyl sites for hydroxylation is 1. The van der Waals surface area contributed by atoms with Crippen molar-refractivity contribution < 1.29 is 0 Å². The van der Waals surface area contributed by atoms with Crippen LogP contribution in [0.3, 0.4) is 0 Å². The van der Waals surface area contributed by atoms with Gasteiger partial charge in [0, 0.05) is 0 Å². The van der Waals surface area contributed by atoms with Crippen molar-refractivity contribution in [3.63, 3.8) is 0 Å². The van der Waals surface area contributed by atoms with E-state index in [-0.39, 0.29) is 0 Å². The van der Waals surface area contributed by atoms with Gasteiger partial charge < -0.3 is 4.98 Å². The molecule has 78 valence electrons. The molecule has 0 aliphatic carbocycles. The van der Waals surface area contributed by atoms with Crippen molar-refractivity contribution >= 4 is 11.0 Å². The number of aromatic amines is 1. The van der Waals surface area contributed by atoms with E-state index >= 15 is 0 Å². The summed E-state index contributed by atoms with van der Waals surface area (Å²) in [5, 5.41) is 0. The third-order valence-electron chi connectivity index (χ3n) is 2.71. The number of nitrogens with zero attached hydrogens (tertiary/aromatic N) is 1. The van der Waals surface area contributed by atoms with Crippen LogP contribution in [0.5, 0.6) is 0 Å². The molecule has 2 nitrogen and oxygen atoms in total. The second-order valence-corrected chi connectivity index (χ2v) is 3.92. The number of hydrogen-bond acceptors (Lipinski definition) is 1. The molecule has 3 rings (SSSR count). The first-order valence-corrected chi connectivity index (χ1v) is 5.35. The van der Waals surface area contributed by atoms with Crippen LogP contribution in [-0.2, 0) is 0 Å². The number of aromatic nitrogens is 2. The average molecular weight is 208 g/mol. The lowest BCUT2D eigenvalue weighted by Gasteiger charge is -2.00. The number of nitrogens with one attached hydrogen (secondary N) is 1. The summed E-state index contributed by atoms with van der Waals surface area (Å²) in [6, 6.07) is 16.7. The van der Waals surface area contributed by atoms with Crippen molar-refractivity contribution in [1.82, 2.24) is 9.97 Å². The molecule has 1 aromatic heterocycles. The molecule has 1 heterocycles. The monoisotopic (exact) mass is 208 g/mol. The highest BCUT2D eigenvalue weighted by Gasteiger charge is 2.01.